The molecule has 3 fully saturated rings. The quantitative estimate of drug-likeness (QED) is 0.718. The van der Waals surface area contributed by atoms with Gasteiger partial charge in [-0.3, -0.25) is 4.79 Å². The van der Waals surface area contributed by atoms with E-state index in [1.54, 1.807) is 13.8 Å². The van der Waals surface area contributed by atoms with Gasteiger partial charge in [-0.05, 0) is 52.2 Å². The van der Waals surface area contributed by atoms with E-state index in [1.165, 1.54) is 5.56 Å². The fraction of sp³-hybridized carbons (Fsp3) is 0.682. The van der Waals surface area contributed by atoms with Crippen LogP contribution in [0, 0.1) is 0 Å². The van der Waals surface area contributed by atoms with Gasteiger partial charge in [0.2, 0.25) is 0 Å². The zero-order valence-electron chi connectivity index (χ0n) is 17.6. The molecule has 5 atom stereocenters. The zero-order chi connectivity index (χ0) is 20.6. The van der Waals surface area contributed by atoms with Gasteiger partial charge >= 0.3 is 0 Å². The lowest BCUT2D eigenvalue weighted by atomic mass is 9.92. The Balaban J connectivity index is 1.49. The Morgan fingerprint density at radius 1 is 1.07 bits per heavy atom. The van der Waals surface area contributed by atoms with Gasteiger partial charge in [0, 0.05) is 6.54 Å². The number of benzene rings is 1. The van der Waals surface area contributed by atoms with Crippen molar-refractivity contribution in [3.8, 4) is 0 Å². The standard InChI is InChI=1S/C22H29NO6/c1-13-15-9-7-6-8-14(15)10-11-23(13)19(24)22-18(28-21(4,5)29-22)17-16(26-22)12-25-20(2,3)27-17/h6-9,13,16-18H,10-12H2,1-5H3/t13-,16+,17-,18+,22-/m1/s1. The maximum atomic E-state index is 13.9. The largest absolute Gasteiger partial charge is 0.348 e. The highest BCUT2D eigenvalue weighted by molar-refractivity contribution is 5.86. The Kier molecular flexibility index (Phi) is 4.19. The van der Waals surface area contributed by atoms with Gasteiger partial charge in [-0.15, -0.1) is 0 Å². The first-order valence-electron chi connectivity index (χ1n) is 10.4. The zero-order valence-corrected chi connectivity index (χ0v) is 17.6. The van der Waals surface area contributed by atoms with Crippen LogP contribution in [-0.2, 0) is 34.9 Å². The van der Waals surface area contributed by atoms with E-state index in [1.807, 2.05) is 37.8 Å². The minimum absolute atomic E-state index is 0.0744. The van der Waals surface area contributed by atoms with Crippen molar-refractivity contribution in [3.05, 3.63) is 35.4 Å². The summed E-state index contributed by atoms with van der Waals surface area (Å²) in [4.78, 5) is 15.8. The van der Waals surface area contributed by atoms with Crippen LogP contribution in [0.25, 0.3) is 0 Å². The summed E-state index contributed by atoms with van der Waals surface area (Å²) in [6.07, 6.45) is -0.698. The highest BCUT2D eigenvalue weighted by Gasteiger charge is 2.71. The molecule has 4 aliphatic heterocycles. The summed E-state index contributed by atoms with van der Waals surface area (Å²) in [5.41, 5.74) is 2.44. The maximum Gasteiger partial charge on any atom is 0.286 e. The third-order valence-corrected chi connectivity index (χ3v) is 6.34. The second-order valence-corrected chi connectivity index (χ2v) is 9.28. The van der Waals surface area contributed by atoms with E-state index in [9.17, 15) is 4.79 Å². The van der Waals surface area contributed by atoms with Gasteiger partial charge < -0.3 is 28.6 Å². The molecule has 0 bridgehead atoms. The SMILES string of the molecule is C[C@@H]1c2ccccc2CCN1C(=O)[C@@]12O[C@H]3COC(C)(C)O[C@H]3[C@@H]1OC(C)(C)O2. The lowest BCUT2D eigenvalue weighted by molar-refractivity contribution is -0.325. The van der Waals surface area contributed by atoms with Crippen LogP contribution < -0.4 is 0 Å². The Labute approximate surface area is 171 Å². The van der Waals surface area contributed by atoms with Gasteiger partial charge in [-0.2, -0.15) is 0 Å². The molecule has 0 saturated carbocycles. The van der Waals surface area contributed by atoms with E-state index in [4.69, 9.17) is 23.7 Å². The molecule has 0 aliphatic carbocycles. The Hall–Kier alpha value is -1.51. The van der Waals surface area contributed by atoms with Gasteiger partial charge in [0.15, 0.2) is 17.7 Å². The number of hydrogen-bond donors (Lipinski definition) is 0. The van der Waals surface area contributed by atoms with Gasteiger partial charge in [0.1, 0.15) is 12.2 Å². The number of carbonyl (C=O) groups excluding carboxylic acids is 1. The second-order valence-electron chi connectivity index (χ2n) is 9.28. The normalized spacial score (nSPS) is 39.6. The van der Waals surface area contributed by atoms with Crippen LogP contribution in [0.4, 0.5) is 0 Å². The summed E-state index contributed by atoms with van der Waals surface area (Å²) in [6.45, 7) is 10.3. The number of hydrogen-bond acceptors (Lipinski definition) is 6. The Morgan fingerprint density at radius 2 is 1.83 bits per heavy atom. The van der Waals surface area contributed by atoms with Crippen molar-refractivity contribution in [2.24, 2.45) is 0 Å². The van der Waals surface area contributed by atoms with Crippen LogP contribution >= 0.6 is 0 Å². The topological polar surface area (TPSA) is 66.5 Å². The summed E-state index contributed by atoms with van der Waals surface area (Å²) in [5, 5.41) is 0. The summed E-state index contributed by atoms with van der Waals surface area (Å²) in [6, 6.07) is 8.18. The molecule has 4 aliphatic rings. The molecule has 4 heterocycles. The van der Waals surface area contributed by atoms with E-state index < -0.39 is 35.7 Å². The number of amides is 1. The number of nitrogens with zero attached hydrogens (tertiary/aromatic N) is 1. The minimum atomic E-state index is -1.52. The Morgan fingerprint density at radius 3 is 2.62 bits per heavy atom. The molecule has 0 N–H and O–H groups in total. The molecule has 0 aromatic heterocycles. The summed E-state index contributed by atoms with van der Waals surface area (Å²) in [7, 11) is 0. The number of rotatable bonds is 1. The van der Waals surface area contributed by atoms with E-state index in [0.717, 1.165) is 12.0 Å². The molecule has 5 rings (SSSR count). The minimum Gasteiger partial charge on any atom is -0.348 e. The third kappa shape index (κ3) is 2.94. The first kappa shape index (κ1) is 19.5. The van der Waals surface area contributed by atoms with Crippen LogP contribution in [0.5, 0.6) is 0 Å². The van der Waals surface area contributed by atoms with Crippen molar-refractivity contribution in [2.45, 2.75) is 82.8 Å². The molecular formula is C22H29NO6. The monoisotopic (exact) mass is 403 g/mol. The summed E-state index contributed by atoms with van der Waals surface area (Å²) >= 11 is 0. The smallest absolute Gasteiger partial charge is 0.286 e. The predicted molar refractivity (Wildman–Crippen MR) is 103 cm³/mol. The second kappa shape index (κ2) is 6.25. The number of carbonyl (C=O) groups is 1. The van der Waals surface area contributed by atoms with Crippen LogP contribution in [0.1, 0.15) is 51.8 Å². The lowest BCUT2D eigenvalue weighted by Crippen LogP contribution is -2.57. The fourth-order valence-corrected chi connectivity index (χ4v) is 5.07. The first-order chi connectivity index (χ1) is 13.6. The van der Waals surface area contributed by atoms with Crippen LogP contribution in [0.2, 0.25) is 0 Å². The summed E-state index contributed by atoms with van der Waals surface area (Å²) < 4.78 is 30.5. The third-order valence-electron chi connectivity index (χ3n) is 6.34. The first-order valence-corrected chi connectivity index (χ1v) is 10.4. The van der Waals surface area contributed by atoms with Crippen molar-refractivity contribution in [2.75, 3.05) is 13.2 Å². The van der Waals surface area contributed by atoms with Crippen LogP contribution in [-0.4, -0.2) is 59.6 Å². The van der Waals surface area contributed by atoms with Crippen molar-refractivity contribution in [1.29, 1.82) is 0 Å². The molecule has 1 aromatic carbocycles. The average Bonchev–Trinajstić information content (AvgIpc) is 3.09. The molecule has 7 heteroatoms. The molecule has 3 saturated heterocycles. The molecular weight excluding hydrogens is 374 g/mol. The molecule has 0 radical (unpaired) electrons. The molecule has 29 heavy (non-hydrogen) atoms. The van der Waals surface area contributed by atoms with Crippen molar-refractivity contribution < 1.29 is 28.5 Å². The van der Waals surface area contributed by atoms with E-state index >= 15 is 0 Å². The lowest BCUT2D eigenvalue weighted by Gasteiger charge is -2.39. The van der Waals surface area contributed by atoms with Crippen molar-refractivity contribution in [1.82, 2.24) is 4.90 Å². The number of fused-ring (bicyclic) bond motifs is 4. The molecule has 1 amide bonds. The van der Waals surface area contributed by atoms with Crippen LogP contribution in [0.3, 0.4) is 0 Å². The van der Waals surface area contributed by atoms with Gasteiger partial charge in [-0.25, -0.2) is 0 Å². The van der Waals surface area contributed by atoms with E-state index in [-0.39, 0.29) is 11.9 Å². The predicted octanol–water partition coefficient (Wildman–Crippen LogP) is 2.53. The molecule has 0 unspecified atom stereocenters. The van der Waals surface area contributed by atoms with Crippen molar-refractivity contribution in [3.63, 3.8) is 0 Å². The van der Waals surface area contributed by atoms with E-state index in [0.29, 0.717) is 13.2 Å². The molecule has 0 spiro atoms. The fourth-order valence-electron chi connectivity index (χ4n) is 5.07. The molecule has 1 aromatic rings. The van der Waals surface area contributed by atoms with Gasteiger partial charge in [0.05, 0.1) is 12.6 Å². The number of ether oxygens (including phenoxy) is 5. The highest BCUT2D eigenvalue weighted by atomic mass is 16.9. The van der Waals surface area contributed by atoms with E-state index in [2.05, 4.69) is 12.1 Å². The van der Waals surface area contributed by atoms with Gasteiger partial charge in [0.25, 0.3) is 11.7 Å². The average molecular weight is 403 g/mol. The Bertz CT molecular complexity index is 838. The van der Waals surface area contributed by atoms with Gasteiger partial charge in [-0.1, -0.05) is 24.3 Å². The molecule has 158 valence electrons. The maximum absolute atomic E-state index is 13.9. The highest BCUT2D eigenvalue weighted by Crippen LogP contribution is 2.50. The van der Waals surface area contributed by atoms with Crippen LogP contribution in [0.15, 0.2) is 24.3 Å². The van der Waals surface area contributed by atoms with Crippen molar-refractivity contribution >= 4 is 5.91 Å². The molecule has 7 nitrogen and oxygen atoms in total. The summed E-state index contributed by atoms with van der Waals surface area (Å²) in [5.74, 6) is -3.44.